The van der Waals surface area contributed by atoms with Gasteiger partial charge in [0.05, 0.1) is 5.56 Å². The van der Waals surface area contributed by atoms with Crippen LogP contribution >= 0.6 is 12.4 Å². The van der Waals surface area contributed by atoms with Gasteiger partial charge in [0, 0.05) is 17.6 Å². The van der Waals surface area contributed by atoms with Crippen LogP contribution in [-0.2, 0) is 4.79 Å². The van der Waals surface area contributed by atoms with Gasteiger partial charge in [0.25, 0.3) is 5.91 Å². The molecule has 2 amide bonds. The van der Waals surface area contributed by atoms with Gasteiger partial charge in [-0.3, -0.25) is 9.59 Å². The normalized spacial score (nSPS) is 21.6. The Labute approximate surface area is 124 Å². The molecule has 0 aliphatic heterocycles. The molecular formula is C14H20ClN3O2. The number of rotatable bonds is 3. The van der Waals surface area contributed by atoms with Gasteiger partial charge < -0.3 is 16.8 Å². The lowest BCUT2D eigenvalue weighted by Crippen LogP contribution is -2.41. The molecule has 0 bridgehead atoms. The van der Waals surface area contributed by atoms with Crippen LogP contribution in [0.1, 0.15) is 36.0 Å². The van der Waals surface area contributed by atoms with Crippen molar-refractivity contribution in [2.45, 2.75) is 31.7 Å². The molecule has 0 aromatic heterocycles. The van der Waals surface area contributed by atoms with Crippen molar-refractivity contribution in [2.24, 2.45) is 11.7 Å². The summed E-state index contributed by atoms with van der Waals surface area (Å²) in [7, 11) is 0. The van der Waals surface area contributed by atoms with Crippen LogP contribution in [0.25, 0.3) is 0 Å². The third kappa shape index (κ3) is 3.87. The number of nitrogens with one attached hydrogen (secondary N) is 1. The zero-order valence-corrected chi connectivity index (χ0v) is 12.0. The molecule has 0 spiro atoms. The van der Waals surface area contributed by atoms with Gasteiger partial charge in [-0.05, 0) is 31.4 Å². The third-order valence-corrected chi connectivity index (χ3v) is 3.62. The highest BCUT2D eigenvalue weighted by molar-refractivity contribution is 5.99. The number of anilines is 1. The molecule has 2 unspecified atom stereocenters. The molecule has 5 nitrogen and oxygen atoms in total. The number of nitrogens with two attached hydrogens (primary N) is 2. The van der Waals surface area contributed by atoms with E-state index >= 15 is 0 Å². The Kier molecular flexibility index (Phi) is 5.82. The molecule has 20 heavy (non-hydrogen) atoms. The van der Waals surface area contributed by atoms with E-state index in [0.29, 0.717) is 17.7 Å². The van der Waals surface area contributed by atoms with Gasteiger partial charge in [-0.1, -0.05) is 18.6 Å². The second-order valence-corrected chi connectivity index (χ2v) is 5.02. The smallest absolute Gasteiger partial charge is 0.253 e. The topological polar surface area (TPSA) is 98.2 Å². The van der Waals surface area contributed by atoms with Crippen LogP contribution < -0.4 is 16.8 Å². The maximum absolute atomic E-state index is 12.1. The highest BCUT2D eigenvalue weighted by atomic mass is 35.5. The summed E-state index contributed by atoms with van der Waals surface area (Å²) in [5.41, 5.74) is 12.0. The zero-order chi connectivity index (χ0) is 13.8. The fraction of sp³-hybridized carbons (Fsp3) is 0.429. The quantitative estimate of drug-likeness (QED) is 0.737. The zero-order valence-electron chi connectivity index (χ0n) is 11.2. The van der Waals surface area contributed by atoms with E-state index in [4.69, 9.17) is 11.5 Å². The molecule has 0 radical (unpaired) electrons. The predicted molar refractivity (Wildman–Crippen MR) is 80.5 cm³/mol. The Morgan fingerprint density at radius 3 is 2.55 bits per heavy atom. The van der Waals surface area contributed by atoms with E-state index in [9.17, 15) is 9.59 Å². The van der Waals surface area contributed by atoms with Crippen LogP contribution in [-0.4, -0.2) is 17.9 Å². The minimum Gasteiger partial charge on any atom is -0.398 e. The predicted octanol–water partition coefficient (Wildman–Crippen LogP) is 1.46. The van der Waals surface area contributed by atoms with E-state index in [1.54, 1.807) is 24.3 Å². The first-order valence-electron chi connectivity index (χ1n) is 6.52. The van der Waals surface area contributed by atoms with Crippen molar-refractivity contribution in [3.63, 3.8) is 0 Å². The lowest BCUT2D eigenvalue weighted by atomic mass is 9.85. The highest BCUT2D eigenvalue weighted by Crippen LogP contribution is 2.24. The van der Waals surface area contributed by atoms with E-state index in [0.717, 1.165) is 19.3 Å². The maximum atomic E-state index is 12.1. The second kappa shape index (κ2) is 7.14. The Hall–Kier alpha value is -1.75. The van der Waals surface area contributed by atoms with E-state index in [1.807, 2.05) is 0 Å². The molecule has 110 valence electrons. The van der Waals surface area contributed by atoms with Crippen LogP contribution in [0, 0.1) is 5.92 Å². The molecule has 1 fully saturated rings. The first-order valence-corrected chi connectivity index (χ1v) is 6.52. The van der Waals surface area contributed by atoms with Crippen molar-refractivity contribution in [3.05, 3.63) is 29.8 Å². The van der Waals surface area contributed by atoms with E-state index in [2.05, 4.69) is 5.32 Å². The standard InChI is InChI=1S/C14H19N3O2.ClH/c15-12-7-2-1-6-11(12)14(19)17-10-5-3-4-9(8-10)13(16)18;/h1-2,6-7,9-10H,3-5,8,15H2,(H2,16,18)(H,17,19);1H. The number of amides is 2. The molecule has 1 aliphatic carbocycles. The van der Waals surface area contributed by atoms with Gasteiger partial charge in [0.15, 0.2) is 0 Å². The summed E-state index contributed by atoms with van der Waals surface area (Å²) < 4.78 is 0. The number of carbonyl (C=O) groups is 2. The number of hydrogen-bond donors (Lipinski definition) is 3. The monoisotopic (exact) mass is 297 g/mol. The van der Waals surface area contributed by atoms with Gasteiger partial charge in [-0.15, -0.1) is 12.4 Å². The lowest BCUT2D eigenvalue weighted by molar-refractivity contribution is -0.122. The Balaban J connectivity index is 0.00000200. The molecule has 2 rings (SSSR count). The van der Waals surface area contributed by atoms with Crippen molar-refractivity contribution in [1.82, 2.24) is 5.32 Å². The van der Waals surface area contributed by atoms with Crippen LogP contribution in [0.2, 0.25) is 0 Å². The van der Waals surface area contributed by atoms with Crippen molar-refractivity contribution in [2.75, 3.05) is 5.73 Å². The van der Waals surface area contributed by atoms with Crippen molar-refractivity contribution >= 4 is 29.9 Å². The van der Waals surface area contributed by atoms with Gasteiger partial charge in [0.1, 0.15) is 0 Å². The Morgan fingerprint density at radius 1 is 1.20 bits per heavy atom. The molecule has 6 heteroatoms. The summed E-state index contributed by atoms with van der Waals surface area (Å²) in [6.45, 7) is 0. The molecule has 2 atom stereocenters. The van der Waals surface area contributed by atoms with Gasteiger partial charge in [-0.2, -0.15) is 0 Å². The fourth-order valence-electron chi connectivity index (χ4n) is 2.55. The average Bonchev–Trinajstić information content (AvgIpc) is 2.39. The summed E-state index contributed by atoms with van der Waals surface area (Å²) in [5.74, 6) is -0.599. The largest absolute Gasteiger partial charge is 0.398 e. The van der Waals surface area contributed by atoms with Crippen molar-refractivity contribution in [3.8, 4) is 0 Å². The first kappa shape index (κ1) is 16.3. The molecule has 5 N–H and O–H groups in total. The Bertz CT molecular complexity index is 493. The van der Waals surface area contributed by atoms with Crippen LogP contribution in [0.3, 0.4) is 0 Å². The number of hydrogen-bond acceptors (Lipinski definition) is 3. The molecule has 1 aromatic carbocycles. The van der Waals surface area contributed by atoms with Crippen LogP contribution in [0.4, 0.5) is 5.69 Å². The number of benzene rings is 1. The summed E-state index contributed by atoms with van der Waals surface area (Å²) >= 11 is 0. The van der Waals surface area contributed by atoms with Gasteiger partial charge >= 0.3 is 0 Å². The van der Waals surface area contributed by atoms with Crippen LogP contribution in [0.5, 0.6) is 0 Å². The van der Waals surface area contributed by atoms with E-state index < -0.39 is 0 Å². The minimum atomic E-state index is -0.279. The van der Waals surface area contributed by atoms with Crippen molar-refractivity contribution < 1.29 is 9.59 Å². The molecular weight excluding hydrogens is 278 g/mol. The van der Waals surface area contributed by atoms with Gasteiger partial charge in [0.2, 0.25) is 5.91 Å². The first-order chi connectivity index (χ1) is 9.08. The molecule has 1 saturated carbocycles. The minimum absolute atomic E-state index is 0. The SMILES string of the molecule is Cl.NC(=O)C1CCCC(NC(=O)c2ccccc2N)C1. The summed E-state index contributed by atoms with van der Waals surface area (Å²) in [5, 5.41) is 2.93. The second-order valence-electron chi connectivity index (χ2n) is 5.02. The maximum Gasteiger partial charge on any atom is 0.253 e. The molecule has 1 aromatic rings. The van der Waals surface area contributed by atoms with Gasteiger partial charge in [-0.25, -0.2) is 0 Å². The summed E-state index contributed by atoms with van der Waals surface area (Å²) in [4.78, 5) is 23.3. The number of primary amides is 1. The summed E-state index contributed by atoms with van der Waals surface area (Å²) in [6.07, 6.45) is 3.22. The molecule has 0 saturated heterocycles. The number of halogens is 1. The number of para-hydroxylation sites is 1. The number of nitrogen functional groups attached to an aromatic ring is 1. The summed E-state index contributed by atoms with van der Waals surface area (Å²) in [6, 6.07) is 6.95. The lowest BCUT2D eigenvalue weighted by Gasteiger charge is -2.28. The Morgan fingerprint density at radius 2 is 1.90 bits per heavy atom. The van der Waals surface area contributed by atoms with E-state index in [-0.39, 0.29) is 36.2 Å². The fourth-order valence-corrected chi connectivity index (χ4v) is 2.55. The third-order valence-electron chi connectivity index (χ3n) is 3.62. The highest BCUT2D eigenvalue weighted by Gasteiger charge is 2.27. The van der Waals surface area contributed by atoms with Crippen LogP contribution in [0.15, 0.2) is 24.3 Å². The van der Waals surface area contributed by atoms with E-state index in [1.165, 1.54) is 0 Å². The average molecular weight is 298 g/mol. The van der Waals surface area contributed by atoms with Crippen molar-refractivity contribution in [1.29, 1.82) is 0 Å². The molecule has 1 aliphatic rings. The molecule has 0 heterocycles. The number of carbonyl (C=O) groups excluding carboxylic acids is 2.